The van der Waals surface area contributed by atoms with Crippen molar-refractivity contribution in [3.63, 3.8) is 0 Å². The Labute approximate surface area is 87.0 Å². The molecule has 0 aliphatic rings. The van der Waals surface area contributed by atoms with Gasteiger partial charge < -0.3 is 5.73 Å². The average Bonchev–Trinajstić information content (AvgIpc) is 2.22. The lowest BCUT2D eigenvalue weighted by Gasteiger charge is -2.05. The second-order valence-electron chi connectivity index (χ2n) is 3.38. The molecule has 0 spiro atoms. The molecule has 1 aromatic carbocycles. The number of rotatable bonds is 1. The summed E-state index contributed by atoms with van der Waals surface area (Å²) in [5.74, 6) is 0. The molecule has 2 N–H and O–H groups in total. The lowest BCUT2D eigenvalue weighted by molar-refractivity contribution is 0.916. The maximum atomic E-state index is 11.5. The van der Waals surface area contributed by atoms with Gasteiger partial charge in [0.05, 0.1) is 17.6 Å². The van der Waals surface area contributed by atoms with Crippen LogP contribution in [-0.4, -0.2) is 9.55 Å². The third-order valence-corrected chi connectivity index (χ3v) is 2.09. The van der Waals surface area contributed by atoms with Gasteiger partial charge in [-0.25, -0.2) is 4.79 Å². The van der Waals surface area contributed by atoms with E-state index in [4.69, 9.17) is 5.73 Å². The van der Waals surface area contributed by atoms with Gasteiger partial charge in [0.2, 0.25) is 0 Å². The molecule has 0 atom stereocenters. The maximum Gasteiger partial charge on any atom is 0.352 e. The molecule has 15 heavy (non-hydrogen) atoms. The zero-order valence-electron chi connectivity index (χ0n) is 8.34. The Hall–Kier alpha value is -2.10. The van der Waals surface area contributed by atoms with E-state index in [9.17, 15) is 4.79 Å². The molecule has 2 rings (SSSR count). The topological polar surface area (TPSA) is 60.9 Å². The van der Waals surface area contributed by atoms with Crippen LogP contribution in [0.3, 0.4) is 0 Å². The van der Waals surface area contributed by atoms with E-state index < -0.39 is 0 Å². The minimum Gasteiger partial charge on any atom is -0.396 e. The van der Waals surface area contributed by atoms with Gasteiger partial charge >= 0.3 is 5.69 Å². The van der Waals surface area contributed by atoms with Crippen LogP contribution in [0.1, 0.15) is 5.56 Å². The number of nitrogens with two attached hydrogens (primary N) is 1. The highest BCUT2D eigenvalue weighted by Crippen LogP contribution is 2.08. The summed E-state index contributed by atoms with van der Waals surface area (Å²) in [6, 6.07) is 7.60. The Morgan fingerprint density at radius 3 is 2.93 bits per heavy atom. The highest BCUT2D eigenvalue weighted by atomic mass is 16.1. The highest BCUT2D eigenvalue weighted by molar-refractivity contribution is 5.39. The Bertz CT molecular complexity index is 546. The summed E-state index contributed by atoms with van der Waals surface area (Å²) in [7, 11) is 0. The molecule has 0 saturated carbocycles. The van der Waals surface area contributed by atoms with Gasteiger partial charge in [-0.3, -0.25) is 4.57 Å². The Balaban J connectivity index is 2.63. The van der Waals surface area contributed by atoms with Crippen molar-refractivity contribution in [1.29, 1.82) is 0 Å². The number of aromatic nitrogens is 2. The molecule has 1 aromatic heterocycles. The van der Waals surface area contributed by atoms with Crippen molar-refractivity contribution >= 4 is 5.69 Å². The number of hydrogen-bond donors (Lipinski definition) is 1. The SMILES string of the molecule is Cc1cccc(-n2cc(N)cnc2=O)c1. The van der Waals surface area contributed by atoms with E-state index in [-0.39, 0.29) is 5.69 Å². The second kappa shape index (κ2) is 3.57. The fraction of sp³-hybridized carbons (Fsp3) is 0.0909. The molecule has 0 saturated heterocycles. The van der Waals surface area contributed by atoms with Crippen LogP contribution in [0.25, 0.3) is 5.69 Å². The first kappa shape index (κ1) is 9.45. The Morgan fingerprint density at radius 2 is 2.20 bits per heavy atom. The fourth-order valence-electron chi connectivity index (χ4n) is 1.39. The van der Waals surface area contributed by atoms with Gasteiger partial charge in [-0.2, -0.15) is 4.98 Å². The van der Waals surface area contributed by atoms with Crippen LogP contribution < -0.4 is 11.4 Å². The van der Waals surface area contributed by atoms with Crippen molar-refractivity contribution in [1.82, 2.24) is 9.55 Å². The van der Waals surface area contributed by atoms with Gasteiger partial charge in [-0.15, -0.1) is 0 Å². The van der Waals surface area contributed by atoms with Crippen LogP contribution in [0, 0.1) is 6.92 Å². The second-order valence-corrected chi connectivity index (χ2v) is 3.38. The van der Waals surface area contributed by atoms with Crippen LogP contribution in [0.4, 0.5) is 5.69 Å². The minimum atomic E-state index is -0.324. The molecule has 1 heterocycles. The molecule has 0 amide bonds. The molecule has 2 aromatic rings. The Kier molecular flexibility index (Phi) is 2.25. The summed E-state index contributed by atoms with van der Waals surface area (Å²) in [6.45, 7) is 1.97. The predicted molar refractivity (Wildman–Crippen MR) is 59.0 cm³/mol. The van der Waals surface area contributed by atoms with E-state index in [1.54, 1.807) is 6.20 Å². The smallest absolute Gasteiger partial charge is 0.352 e. The molecule has 0 bridgehead atoms. The van der Waals surface area contributed by atoms with Crippen molar-refractivity contribution in [3.05, 3.63) is 52.7 Å². The zero-order chi connectivity index (χ0) is 10.8. The van der Waals surface area contributed by atoms with Gasteiger partial charge in [0.15, 0.2) is 0 Å². The number of hydrogen-bond acceptors (Lipinski definition) is 3. The quantitative estimate of drug-likeness (QED) is 0.752. The molecular weight excluding hydrogens is 190 g/mol. The van der Waals surface area contributed by atoms with Crippen molar-refractivity contribution in [2.75, 3.05) is 5.73 Å². The normalized spacial score (nSPS) is 10.2. The van der Waals surface area contributed by atoms with E-state index in [0.29, 0.717) is 5.69 Å². The Morgan fingerprint density at radius 1 is 1.40 bits per heavy atom. The van der Waals surface area contributed by atoms with Crippen LogP contribution in [-0.2, 0) is 0 Å². The molecule has 0 aliphatic carbocycles. The van der Waals surface area contributed by atoms with Gasteiger partial charge in [0.1, 0.15) is 0 Å². The summed E-state index contributed by atoms with van der Waals surface area (Å²) in [4.78, 5) is 15.1. The van der Waals surface area contributed by atoms with Crippen molar-refractivity contribution < 1.29 is 0 Å². The van der Waals surface area contributed by atoms with E-state index >= 15 is 0 Å². The van der Waals surface area contributed by atoms with Gasteiger partial charge in [0, 0.05) is 6.20 Å². The summed E-state index contributed by atoms with van der Waals surface area (Å²) in [5.41, 5.74) is 7.59. The van der Waals surface area contributed by atoms with Crippen LogP contribution in [0.2, 0.25) is 0 Å². The average molecular weight is 201 g/mol. The fourth-order valence-corrected chi connectivity index (χ4v) is 1.39. The number of aryl methyl sites for hydroxylation is 1. The predicted octanol–water partition coefficient (Wildman–Crippen LogP) is 1.12. The number of benzene rings is 1. The van der Waals surface area contributed by atoms with Gasteiger partial charge in [-0.1, -0.05) is 12.1 Å². The number of anilines is 1. The third-order valence-electron chi connectivity index (χ3n) is 2.09. The summed E-state index contributed by atoms with van der Waals surface area (Å²) >= 11 is 0. The van der Waals surface area contributed by atoms with Gasteiger partial charge in [-0.05, 0) is 24.6 Å². The third kappa shape index (κ3) is 1.88. The first-order valence-corrected chi connectivity index (χ1v) is 4.58. The first-order valence-electron chi connectivity index (χ1n) is 4.58. The molecule has 0 fully saturated rings. The summed E-state index contributed by atoms with van der Waals surface area (Å²) < 4.78 is 1.43. The van der Waals surface area contributed by atoms with Crippen LogP contribution >= 0.6 is 0 Å². The molecular formula is C11H11N3O. The molecule has 0 unspecified atom stereocenters. The lowest BCUT2D eigenvalue weighted by Crippen LogP contribution is -2.20. The molecule has 76 valence electrons. The number of nitrogen functional groups attached to an aromatic ring is 1. The summed E-state index contributed by atoms with van der Waals surface area (Å²) in [5, 5.41) is 0. The van der Waals surface area contributed by atoms with Crippen molar-refractivity contribution in [2.24, 2.45) is 0 Å². The minimum absolute atomic E-state index is 0.324. The molecule has 4 nitrogen and oxygen atoms in total. The standard InChI is InChI=1S/C11H11N3O/c1-8-3-2-4-10(5-8)14-7-9(12)6-13-11(14)15/h2-7H,12H2,1H3. The largest absolute Gasteiger partial charge is 0.396 e. The van der Waals surface area contributed by atoms with E-state index in [1.165, 1.54) is 10.8 Å². The van der Waals surface area contributed by atoms with Crippen LogP contribution in [0.15, 0.2) is 41.5 Å². The zero-order valence-corrected chi connectivity index (χ0v) is 8.34. The monoisotopic (exact) mass is 201 g/mol. The van der Waals surface area contributed by atoms with Crippen molar-refractivity contribution in [3.8, 4) is 5.69 Å². The lowest BCUT2D eigenvalue weighted by atomic mass is 10.2. The van der Waals surface area contributed by atoms with Gasteiger partial charge in [0.25, 0.3) is 0 Å². The molecule has 0 aliphatic heterocycles. The van der Waals surface area contributed by atoms with E-state index in [2.05, 4.69) is 4.98 Å². The maximum absolute atomic E-state index is 11.5. The van der Waals surface area contributed by atoms with Crippen LogP contribution in [0.5, 0.6) is 0 Å². The molecule has 0 radical (unpaired) electrons. The number of nitrogens with zero attached hydrogens (tertiary/aromatic N) is 2. The molecule has 4 heteroatoms. The van der Waals surface area contributed by atoms with E-state index in [0.717, 1.165) is 11.3 Å². The highest BCUT2D eigenvalue weighted by Gasteiger charge is 2.00. The van der Waals surface area contributed by atoms with E-state index in [1.807, 2.05) is 31.2 Å². The van der Waals surface area contributed by atoms with Crippen molar-refractivity contribution in [2.45, 2.75) is 6.92 Å². The summed E-state index contributed by atoms with van der Waals surface area (Å²) in [6.07, 6.45) is 2.93. The first-order chi connectivity index (χ1) is 7.16.